The molecule has 1 aromatic heterocycles. The number of amides is 1. The highest BCUT2D eigenvalue weighted by molar-refractivity contribution is 6.03. The van der Waals surface area contributed by atoms with E-state index >= 15 is 0 Å². The van der Waals surface area contributed by atoms with Crippen molar-refractivity contribution in [2.24, 2.45) is 4.99 Å². The van der Waals surface area contributed by atoms with Crippen molar-refractivity contribution in [3.05, 3.63) is 65.2 Å². The summed E-state index contributed by atoms with van der Waals surface area (Å²) >= 11 is 0. The molecule has 0 unspecified atom stereocenters. The molecule has 3 N–H and O–H groups in total. The SMILES string of the molecule is CC(C)=CCn1nnc(-c2cccc(Nc3ccc(C(=O)N=C4NCCN4)cc3C3CC3)c2)n1. The Morgan fingerprint density at radius 3 is 2.76 bits per heavy atom. The Morgan fingerprint density at radius 1 is 1.18 bits per heavy atom. The van der Waals surface area contributed by atoms with Gasteiger partial charge in [-0.25, -0.2) is 0 Å². The number of nitrogens with one attached hydrogen (secondary N) is 3. The monoisotopic (exact) mass is 456 g/mol. The summed E-state index contributed by atoms with van der Waals surface area (Å²) in [7, 11) is 0. The highest BCUT2D eigenvalue weighted by atomic mass is 16.1. The van der Waals surface area contributed by atoms with Crippen molar-refractivity contribution in [2.75, 3.05) is 18.4 Å². The Bertz CT molecular complexity index is 1260. The lowest BCUT2D eigenvalue weighted by Gasteiger charge is -2.13. The fraction of sp³-hybridized carbons (Fsp3) is 0.320. The molecule has 5 rings (SSSR count). The number of guanidine groups is 1. The zero-order valence-corrected chi connectivity index (χ0v) is 19.4. The second-order valence-corrected chi connectivity index (χ2v) is 8.85. The molecule has 34 heavy (non-hydrogen) atoms. The van der Waals surface area contributed by atoms with E-state index in [1.54, 1.807) is 4.80 Å². The summed E-state index contributed by atoms with van der Waals surface area (Å²) in [6, 6.07) is 13.7. The van der Waals surface area contributed by atoms with Gasteiger partial charge in [-0.15, -0.1) is 10.2 Å². The molecule has 0 spiro atoms. The molecule has 1 aliphatic carbocycles. The Morgan fingerprint density at radius 2 is 2.00 bits per heavy atom. The van der Waals surface area contributed by atoms with Crippen LogP contribution < -0.4 is 16.0 Å². The van der Waals surface area contributed by atoms with Gasteiger partial charge in [-0.1, -0.05) is 23.8 Å². The summed E-state index contributed by atoms with van der Waals surface area (Å²) in [4.78, 5) is 18.4. The quantitative estimate of drug-likeness (QED) is 0.466. The van der Waals surface area contributed by atoms with Crippen LogP contribution in [0, 0.1) is 0 Å². The lowest BCUT2D eigenvalue weighted by Crippen LogP contribution is -2.25. The first kappa shape index (κ1) is 21.8. The number of carbonyl (C=O) groups excluding carboxylic acids is 1. The van der Waals surface area contributed by atoms with Crippen LogP contribution in [0.5, 0.6) is 0 Å². The standard InChI is InChI=1S/C25H28N8O/c1-16(2)10-13-33-31-23(30-32-33)18-4-3-5-20(14-18)28-22-9-8-19(15-21(22)17-6-7-17)24(34)29-25-26-11-12-27-25/h3-5,8-10,14-15,17,28H,6-7,11-13H2,1-2H3,(H2,26,27,29,34). The number of tetrazole rings is 1. The Hall–Kier alpha value is -4.01. The van der Waals surface area contributed by atoms with Crippen LogP contribution in [0.1, 0.15) is 48.5 Å². The number of aromatic nitrogens is 4. The largest absolute Gasteiger partial charge is 0.355 e. The molecule has 2 aromatic carbocycles. The van der Waals surface area contributed by atoms with Crippen LogP contribution in [0.4, 0.5) is 11.4 Å². The molecule has 9 heteroatoms. The van der Waals surface area contributed by atoms with Crippen molar-refractivity contribution >= 4 is 23.2 Å². The van der Waals surface area contributed by atoms with Gasteiger partial charge >= 0.3 is 0 Å². The molecule has 2 aliphatic rings. The average Bonchev–Trinajstić information content (AvgIpc) is 3.34. The van der Waals surface area contributed by atoms with Crippen molar-refractivity contribution in [1.82, 2.24) is 30.8 Å². The Balaban J connectivity index is 1.36. The van der Waals surface area contributed by atoms with Crippen LogP contribution in [0.3, 0.4) is 0 Å². The summed E-state index contributed by atoms with van der Waals surface area (Å²) in [6.45, 7) is 6.25. The van der Waals surface area contributed by atoms with Crippen LogP contribution in [0.15, 0.2) is 59.1 Å². The van der Waals surface area contributed by atoms with Gasteiger partial charge in [0.15, 0.2) is 5.96 Å². The van der Waals surface area contributed by atoms with Crippen molar-refractivity contribution in [3.63, 3.8) is 0 Å². The van der Waals surface area contributed by atoms with E-state index in [1.165, 1.54) is 5.57 Å². The Kier molecular flexibility index (Phi) is 6.07. The van der Waals surface area contributed by atoms with E-state index in [1.807, 2.05) is 56.3 Å². The van der Waals surface area contributed by atoms with Gasteiger partial charge in [0.05, 0.1) is 6.54 Å². The number of benzene rings is 2. The number of carbonyl (C=O) groups is 1. The van der Waals surface area contributed by atoms with E-state index in [-0.39, 0.29) is 5.91 Å². The van der Waals surface area contributed by atoms with E-state index < -0.39 is 0 Å². The maximum absolute atomic E-state index is 12.6. The number of hydrogen-bond acceptors (Lipinski definition) is 5. The molecule has 0 radical (unpaired) electrons. The van der Waals surface area contributed by atoms with Gasteiger partial charge in [0, 0.05) is 35.6 Å². The zero-order chi connectivity index (χ0) is 23.5. The number of allylic oxidation sites excluding steroid dienone is 2. The molecule has 0 bridgehead atoms. The smallest absolute Gasteiger partial charge is 0.280 e. The zero-order valence-electron chi connectivity index (χ0n) is 19.4. The third-order valence-corrected chi connectivity index (χ3v) is 5.75. The second-order valence-electron chi connectivity index (χ2n) is 8.85. The Labute approximate surface area is 198 Å². The lowest BCUT2D eigenvalue weighted by molar-refractivity contribution is 0.100. The van der Waals surface area contributed by atoms with Crippen LogP contribution in [-0.2, 0) is 6.54 Å². The van der Waals surface area contributed by atoms with Gasteiger partial charge in [-0.2, -0.15) is 9.79 Å². The minimum atomic E-state index is -0.241. The molecule has 9 nitrogen and oxygen atoms in total. The number of hydrogen-bond donors (Lipinski definition) is 3. The average molecular weight is 457 g/mol. The van der Waals surface area contributed by atoms with E-state index in [0.29, 0.717) is 29.8 Å². The molecule has 174 valence electrons. The molecule has 1 saturated heterocycles. The molecule has 2 heterocycles. The van der Waals surface area contributed by atoms with Crippen LogP contribution >= 0.6 is 0 Å². The van der Waals surface area contributed by atoms with Gasteiger partial charge in [0.1, 0.15) is 0 Å². The maximum atomic E-state index is 12.6. The fourth-order valence-corrected chi connectivity index (χ4v) is 3.80. The third kappa shape index (κ3) is 5.14. The first-order chi connectivity index (χ1) is 16.5. The predicted octanol–water partition coefficient (Wildman–Crippen LogP) is 3.62. The van der Waals surface area contributed by atoms with Crippen LogP contribution in [0.25, 0.3) is 11.4 Å². The molecule has 1 aliphatic heterocycles. The van der Waals surface area contributed by atoms with E-state index in [4.69, 9.17) is 0 Å². The van der Waals surface area contributed by atoms with Gasteiger partial charge in [0.2, 0.25) is 5.82 Å². The molecular weight excluding hydrogens is 428 g/mol. The van der Waals surface area contributed by atoms with Gasteiger partial charge in [0.25, 0.3) is 5.91 Å². The summed E-state index contributed by atoms with van der Waals surface area (Å²) in [5.74, 6) is 1.35. The molecule has 1 amide bonds. The first-order valence-corrected chi connectivity index (χ1v) is 11.6. The van der Waals surface area contributed by atoms with Gasteiger partial charge in [-0.05, 0) is 73.7 Å². The normalized spacial score (nSPS) is 14.8. The summed E-state index contributed by atoms with van der Waals surface area (Å²) in [5.41, 5.74) is 5.78. The number of rotatable bonds is 7. The maximum Gasteiger partial charge on any atom is 0.280 e. The van der Waals surface area contributed by atoms with Crippen molar-refractivity contribution in [1.29, 1.82) is 0 Å². The van der Waals surface area contributed by atoms with E-state index in [9.17, 15) is 4.79 Å². The summed E-state index contributed by atoms with van der Waals surface area (Å²) in [6.07, 6.45) is 4.31. The highest BCUT2D eigenvalue weighted by Gasteiger charge is 2.27. The second kappa shape index (κ2) is 9.46. The third-order valence-electron chi connectivity index (χ3n) is 5.75. The highest BCUT2D eigenvalue weighted by Crippen LogP contribution is 2.44. The van der Waals surface area contributed by atoms with Crippen molar-refractivity contribution in [3.8, 4) is 11.4 Å². The van der Waals surface area contributed by atoms with Crippen LogP contribution in [-0.4, -0.2) is 45.2 Å². The van der Waals surface area contributed by atoms with Crippen molar-refractivity contribution in [2.45, 2.75) is 39.2 Å². The topological polar surface area (TPSA) is 109 Å². The number of anilines is 2. The van der Waals surface area contributed by atoms with Gasteiger partial charge in [-0.3, -0.25) is 4.79 Å². The minimum absolute atomic E-state index is 0.241. The summed E-state index contributed by atoms with van der Waals surface area (Å²) < 4.78 is 0. The molecule has 2 fully saturated rings. The lowest BCUT2D eigenvalue weighted by atomic mass is 10.0. The molecule has 0 atom stereocenters. The number of nitrogens with zero attached hydrogens (tertiary/aromatic N) is 5. The van der Waals surface area contributed by atoms with Crippen molar-refractivity contribution < 1.29 is 4.79 Å². The fourth-order valence-electron chi connectivity index (χ4n) is 3.80. The molecular formula is C25H28N8O. The summed E-state index contributed by atoms with van der Waals surface area (Å²) in [5, 5.41) is 22.5. The minimum Gasteiger partial charge on any atom is -0.355 e. The number of aliphatic imine (C=N–C) groups is 1. The molecule has 3 aromatic rings. The predicted molar refractivity (Wildman–Crippen MR) is 132 cm³/mol. The molecule has 1 saturated carbocycles. The van der Waals surface area contributed by atoms with Gasteiger partial charge < -0.3 is 16.0 Å². The first-order valence-electron chi connectivity index (χ1n) is 11.6. The van der Waals surface area contributed by atoms with E-state index in [2.05, 4.69) is 42.4 Å². The van der Waals surface area contributed by atoms with E-state index in [0.717, 1.165) is 48.4 Å². The van der Waals surface area contributed by atoms with Crippen LogP contribution in [0.2, 0.25) is 0 Å².